The molecule has 0 bridgehead atoms. The van der Waals surface area contributed by atoms with E-state index in [4.69, 9.17) is 11.0 Å². The Morgan fingerprint density at radius 1 is 1.43 bits per heavy atom. The van der Waals surface area contributed by atoms with Crippen molar-refractivity contribution in [2.45, 2.75) is 6.42 Å². The molecule has 0 aliphatic carbocycles. The van der Waals surface area contributed by atoms with Crippen LogP contribution < -0.4 is 5.73 Å². The number of nitrogens with zero attached hydrogens (tertiary/aromatic N) is 1. The van der Waals surface area contributed by atoms with Crippen molar-refractivity contribution >= 4 is 12.0 Å². The predicted molar refractivity (Wildman–Crippen MR) is 53.1 cm³/mol. The van der Waals surface area contributed by atoms with Crippen LogP contribution in [0.4, 0.5) is 5.69 Å². The lowest BCUT2D eigenvalue weighted by Crippen LogP contribution is -1.89. The first-order valence-corrected chi connectivity index (χ1v) is 4.00. The van der Waals surface area contributed by atoms with Crippen LogP contribution in [-0.2, 0) is 4.79 Å². The largest absolute Gasteiger partial charge is 0.399 e. The van der Waals surface area contributed by atoms with E-state index in [1.54, 1.807) is 18.2 Å². The summed E-state index contributed by atoms with van der Waals surface area (Å²) in [7, 11) is 0. The predicted octanol–water partition coefficient (Wildman–Crippen LogP) is 1.08. The topological polar surface area (TPSA) is 66.9 Å². The molecule has 0 aliphatic heterocycles. The van der Waals surface area contributed by atoms with Gasteiger partial charge in [-0.25, -0.2) is 0 Å². The lowest BCUT2D eigenvalue weighted by Gasteiger charge is -1.96. The summed E-state index contributed by atoms with van der Waals surface area (Å²) in [4.78, 5) is 10.0. The Bertz CT molecular complexity index is 447. The molecule has 2 N–H and O–H groups in total. The van der Waals surface area contributed by atoms with E-state index in [-0.39, 0.29) is 6.42 Å². The third-order valence-electron chi connectivity index (χ3n) is 1.57. The maximum Gasteiger partial charge on any atom is 0.131 e. The van der Waals surface area contributed by atoms with Crippen molar-refractivity contribution < 1.29 is 4.79 Å². The number of nitrogen functional groups attached to an aromatic ring is 1. The highest BCUT2D eigenvalue weighted by atomic mass is 16.1. The van der Waals surface area contributed by atoms with Gasteiger partial charge in [0.2, 0.25) is 0 Å². The fourth-order valence-corrected chi connectivity index (χ4v) is 0.951. The zero-order chi connectivity index (χ0) is 10.4. The second-order valence-corrected chi connectivity index (χ2v) is 2.59. The van der Waals surface area contributed by atoms with E-state index in [2.05, 4.69) is 11.8 Å². The molecule has 0 spiro atoms. The molecule has 14 heavy (non-hydrogen) atoms. The van der Waals surface area contributed by atoms with Crippen molar-refractivity contribution in [3.05, 3.63) is 29.3 Å². The van der Waals surface area contributed by atoms with Gasteiger partial charge in [-0.1, -0.05) is 11.8 Å². The summed E-state index contributed by atoms with van der Waals surface area (Å²) in [5, 5.41) is 8.74. The maximum atomic E-state index is 10.0. The smallest absolute Gasteiger partial charge is 0.131 e. The lowest BCUT2D eigenvalue weighted by atomic mass is 10.1. The Hall–Kier alpha value is -2.26. The van der Waals surface area contributed by atoms with Gasteiger partial charge in [0.15, 0.2) is 0 Å². The Balaban J connectivity index is 3.08. The van der Waals surface area contributed by atoms with Crippen molar-refractivity contribution in [1.82, 2.24) is 0 Å². The van der Waals surface area contributed by atoms with Crippen molar-refractivity contribution in [1.29, 1.82) is 5.26 Å². The number of benzene rings is 1. The molecule has 0 unspecified atom stereocenters. The summed E-state index contributed by atoms with van der Waals surface area (Å²) in [5.41, 5.74) is 7.13. The fraction of sp³-hybridized carbons (Fsp3) is 0.0909. The molecular formula is C11H8N2O. The van der Waals surface area contributed by atoms with Crippen LogP contribution >= 0.6 is 0 Å². The Labute approximate surface area is 82.1 Å². The van der Waals surface area contributed by atoms with E-state index in [1.165, 1.54) is 0 Å². The van der Waals surface area contributed by atoms with Crippen LogP contribution in [-0.4, -0.2) is 6.29 Å². The molecule has 1 aromatic rings. The van der Waals surface area contributed by atoms with E-state index in [0.717, 1.165) is 0 Å². The number of carbonyl (C=O) groups is 1. The number of anilines is 1. The number of hydrogen-bond donors (Lipinski definition) is 1. The van der Waals surface area contributed by atoms with Crippen LogP contribution in [0.25, 0.3) is 0 Å². The van der Waals surface area contributed by atoms with E-state index < -0.39 is 0 Å². The first kappa shape index (κ1) is 9.83. The summed E-state index contributed by atoms with van der Waals surface area (Å²) in [5.74, 6) is 5.35. The number of rotatable bonds is 1. The van der Waals surface area contributed by atoms with Crippen LogP contribution in [0, 0.1) is 23.2 Å². The van der Waals surface area contributed by atoms with Gasteiger partial charge in [0.25, 0.3) is 0 Å². The first-order valence-electron chi connectivity index (χ1n) is 4.00. The molecule has 68 valence electrons. The molecule has 3 nitrogen and oxygen atoms in total. The third kappa shape index (κ3) is 2.36. The second kappa shape index (κ2) is 4.69. The second-order valence-electron chi connectivity index (χ2n) is 2.59. The molecule has 0 saturated heterocycles. The van der Waals surface area contributed by atoms with Gasteiger partial charge in [0.05, 0.1) is 12.0 Å². The van der Waals surface area contributed by atoms with Crippen molar-refractivity contribution in [3.8, 4) is 17.9 Å². The van der Waals surface area contributed by atoms with Gasteiger partial charge in [0.1, 0.15) is 12.4 Å². The number of hydrogen-bond acceptors (Lipinski definition) is 3. The highest BCUT2D eigenvalue weighted by Crippen LogP contribution is 2.11. The molecule has 1 aromatic carbocycles. The van der Waals surface area contributed by atoms with Gasteiger partial charge in [-0.15, -0.1) is 0 Å². The summed E-state index contributed by atoms with van der Waals surface area (Å²) >= 11 is 0. The molecule has 0 radical (unpaired) electrons. The Kier molecular flexibility index (Phi) is 3.29. The van der Waals surface area contributed by atoms with E-state index in [9.17, 15) is 4.79 Å². The van der Waals surface area contributed by atoms with Gasteiger partial charge < -0.3 is 10.5 Å². The molecule has 0 aliphatic rings. The average molecular weight is 184 g/mol. The quantitative estimate of drug-likeness (QED) is 0.403. The minimum absolute atomic E-state index is 0.166. The number of nitrogens with two attached hydrogens (primary N) is 1. The zero-order valence-corrected chi connectivity index (χ0v) is 7.45. The summed E-state index contributed by atoms with van der Waals surface area (Å²) in [6, 6.07) is 6.88. The number of carbonyl (C=O) groups excluding carboxylic acids is 1. The molecule has 0 saturated carbocycles. The molecular weight excluding hydrogens is 176 g/mol. The van der Waals surface area contributed by atoms with E-state index >= 15 is 0 Å². The molecule has 0 heterocycles. The highest BCUT2D eigenvalue weighted by molar-refractivity contribution is 5.58. The minimum Gasteiger partial charge on any atom is -0.399 e. The molecule has 3 heteroatoms. The fourth-order valence-electron chi connectivity index (χ4n) is 0.951. The van der Waals surface area contributed by atoms with E-state index in [1.807, 2.05) is 6.07 Å². The van der Waals surface area contributed by atoms with Crippen LogP contribution in [0.3, 0.4) is 0 Å². The molecule has 0 aromatic heterocycles. The summed E-state index contributed by atoms with van der Waals surface area (Å²) in [6.07, 6.45) is 0.880. The van der Waals surface area contributed by atoms with Gasteiger partial charge in [-0.2, -0.15) is 5.26 Å². The van der Waals surface area contributed by atoms with Gasteiger partial charge >= 0.3 is 0 Å². The number of nitriles is 1. The standard InChI is InChI=1S/C11H8N2O/c12-8-10-4-5-11(13)7-9(10)3-1-2-6-14/h4-7H,2,13H2. The van der Waals surface area contributed by atoms with Crippen LogP contribution in [0.2, 0.25) is 0 Å². The molecule has 0 amide bonds. The van der Waals surface area contributed by atoms with Crippen LogP contribution in [0.1, 0.15) is 17.5 Å². The molecule has 0 fully saturated rings. The number of aldehydes is 1. The monoisotopic (exact) mass is 184 g/mol. The molecule has 0 atom stereocenters. The Morgan fingerprint density at radius 3 is 2.86 bits per heavy atom. The van der Waals surface area contributed by atoms with Crippen molar-refractivity contribution in [2.75, 3.05) is 5.73 Å². The van der Waals surface area contributed by atoms with Crippen molar-refractivity contribution in [3.63, 3.8) is 0 Å². The van der Waals surface area contributed by atoms with Crippen molar-refractivity contribution in [2.24, 2.45) is 0 Å². The van der Waals surface area contributed by atoms with Crippen LogP contribution in [0.5, 0.6) is 0 Å². The average Bonchev–Trinajstić information content (AvgIpc) is 2.19. The first-order chi connectivity index (χ1) is 6.77. The molecule has 1 rings (SSSR count). The SMILES string of the molecule is N#Cc1ccc(N)cc1C#CCC=O. The summed E-state index contributed by atoms with van der Waals surface area (Å²) in [6.45, 7) is 0. The normalized spacial score (nSPS) is 8.21. The van der Waals surface area contributed by atoms with Crippen LogP contribution in [0.15, 0.2) is 18.2 Å². The van der Waals surface area contributed by atoms with Gasteiger partial charge in [-0.3, -0.25) is 0 Å². The van der Waals surface area contributed by atoms with E-state index in [0.29, 0.717) is 23.1 Å². The van der Waals surface area contributed by atoms with Gasteiger partial charge in [-0.05, 0) is 18.2 Å². The van der Waals surface area contributed by atoms with Gasteiger partial charge in [0, 0.05) is 11.3 Å². The third-order valence-corrected chi connectivity index (χ3v) is 1.57. The lowest BCUT2D eigenvalue weighted by molar-refractivity contribution is -0.107. The summed E-state index contributed by atoms with van der Waals surface area (Å²) < 4.78 is 0. The highest BCUT2D eigenvalue weighted by Gasteiger charge is 1.98. The minimum atomic E-state index is 0.166. The Morgan fingerprint density at radius 2 is 2.21 bits per heavy atom. The maximum absolute atomic E-state index is 10.0. The zero-order valence-electron chi connectivity index (χ0n) is 7.45.